The molecule has 1 N–H and O–H groups in total. The summed E-state index contributed by atoms with van der Waals surface area (Å²) in [6.45, 7) is 3.10. The number of hydrogen-bond acceptors (Lipinski definition) is 3. The Bertz CT molecular complexity index is 459. The number of ether oxygens (including phenoxy) is 1. The number of rotatable bonds is 6. The quantitative estimate of drug-likeness (QED) is 0.821. The third kappa shape index (κ3) is 4.61. The first-order chi connectivity index (χ1) is 10.2. The van der Waals surface area contributed by atoms with Crippen molar-refractivity contribution in [3.05, 3.63) is 29.8 Å². The van der Waals surface area contributed by atoms with Gasteiger partial charge in [-0.3, -0.25) is 4.79 Å². The van der Waals surface area contributed by atoms with Crippen LogP contribution in [0.3, 0.4) is 0 Å². The van der Waals surface area contributed by atoms with E-state index in [1.165, 1.54) is 0 Å². The molecule has 1 fully saturated rings. The van der Waals surface area contributed by atoms with Gasteiger partial charge in [-0.2, -0.15) is 0 Å². The van der Waals surface area contributed by atoms with Crippen molar-refractivity contribution in [2.45, 2.75) is 25.3 Å². The van der Waals surface area contributed by atoms with Gasteiger partial charge in [0.1, 0.15) is 5.75 Å². The van der Waals surface area contributed by atoms with Gasteiger partial charge < -0.3 is 15.0 Å². The van der Waals surface area contributed by atoms with Crippen LogP contribution in [0.4, 0.5) is 0 Å². The van der Waals surface area contributed by atoms with E-state index < -0.39 is 0 Å². The largest absolute Gasteiger partial charge is 0.496 e. The summed E-state index contributed by atoms with van der Waals surface area (Å²) in [5.41, 5.74) is 0.601. The number of amides is 1. The third-order valence-corrected chi connectivity index (χ3v) is 4.15. The lowest BCUT2D eigenvalue weighted by Crippen LogP contribution is -2.44. The Balaban J connectivity index is 1.84. The minimum Gasteiger partial charge on any atom is -0.496 e. The molecule has 1 aromatic carbocycles. The van der Waals surface area contributed by atoms with Gasteiger partial charge in [-0.1, -0.05) is 12.1 Å². The van der Waals surface area contributed by atoms with Gasteiger partial charge in [0.15, 0.2) is 0 Å². The standard InChI is InChI=1S/C16H23ClN2O2/c1-21-15-6-3-2-5-14(15)16(20)18-13-7-11-19(12-8-13)10-4-9-17/h2-3,5-6,13H,4,7-12H2,1H3,(H,18,20). The van der Waals surface area contributed by atoms with Crippen molar-refractivity contribution in [2.75, 3.05) is 32.6 Å². The minimum atomic E-state index is -0.0494. The van der Waals surface area contributed by atoms with Gasteiger partial charge in [0, 0.05) is 25.0 Å². The van der Waals surface area contributed by atoms with Crippen LogP contribution in [0.5, 0.6) is 5.75 Å². The van der Waals surface area contributed by atoms with Crippen molar-refractivity contribution < 1.29 is 9.53 Å². The predicted octanol–water partition coefficient (Wildman–Crippen LogP) is 2.52. The minimum absolute atomic E-state index is 0.0494. The van der Waals surface area contributed by atoms with Crippen molar-refractivity contribution in [1.29, 1.82) is 0 Å². The van der Waals surface area contributed by atoms with Crippen LogP contribution in [0.15, 0.2) is 24.3 Å². The van der Waals surface area contributed by atoms with Crippen molar-refractivity contribution in [3.8, 4) is 5.75 Å². The summed E-state index contributed by atoms with van der Waals surface area (Å²) >= 11 is 5.72. The molecule has 1 heterocycles. The van der Waals surface area contributed by atoms with E-state index in [1.54, 1.807) is 13.2 Å². The number of halogens is 1. The molecule has 116 valence electrons. The first-order valence-corrected chi connectivity index (χ1v) is 8.00. The van der Waals surface area contributed by atoms with Crippen LogP contribution in [0, 0.1) is 0 Å². The summed E-state index contributed by atoms with van der Waals surface area (Å²) in [5, 5.41) is 3.11. The molecule has 1 aliphatic rings. The number of piperidine rings is 1. The molecule has 1 aliphatic heterocycles. The molecule has 0 radical (unpaired) electrons. The number of alkyl halides is 1. The molecule has 1 amide bonds. The topological polar surface area (TPSA) is 41.6 Å². The summed E-state index contributed by atoms with van der Waals surface area (Å²) in [6, 6.07) is 7.57. The molecule has 0 saturated carbocycles. The van der Waals surface area contributed by atoms with E-state index in [0.29, 0.717) is 17.2 Å². The molecule has 1 saturated heterocycles. The molecule has 4 nitrogen and oxygen atoms in total. The van der Waals surface area contributed by atoms with Gasteiger partial charge in [0.05, 0.1) is 12.7 Å². The smallest absolute Gasteiger partial charge is 0.255 e. The van der Waals surface area contributed by atoms with Crippen LogP contribution >= 0.6 is 11.6 Å². The molecule has 21 heavy (non-hydrogen) atoms. The molecule has 5 heteroatoms. The van der Waals surface area contributed by atoms with E-state index in [9.17, 15) is 4.79 Å². The lowest BCUT2D eigenvalue weighted by atomic mass is 10.0. The Morgan fingerprint density at radius 1 is 1.38 bits per heavy atom. The zero-order chi connectivity index (χ0) is 15.1. The van der Waals surface area contributed by atoms with Crippen LogP contribution in [0.25, 0.3) is 0 Å². The normalized spacial score (nSPS) is 16.7. The van der Waals surface area contributed by atoms with Crippen LogP contribution in [0.1, 0.15) is 29.6 Å². The molecule has 0 spiro atoms. The number of benzene rings is 1. The summed E-state index contributed by atoms with van der Waals surface area (Å²) in [5.74, 6) is 1.28. The van der Waals surface area contributed by atoms with E-state index in [2.05, 4.69) is 10.2 Å². The van der Waals surface area contributed by atoms with E-state index in [4.69, 9.17) is 16.3 Å². The van der Waals surface area contributed by atoms with Gasteiger partial charge in [0.2, 0.25) is 0 Å². The monoisotopic (exact) mass is 310 g/mol. The van der Waals surface area contributed by atoms with Crippen LogP contribution in [-0.2, 0) is 0 Å². The predicted molar refractivity (Wildman–Crippen MR) is 85.3 cm³/mol. The second kappa shape index (κ2) is 8.25. The zero-order valence-electron chi connectivity index (χ0n) is 12.5. The lowest BCUT2D eigenvalue weighted by Gasteiger charge is -2.32. The van der Waals surface area contributed by atoms with E-state index in [-0.39, 0.29) is 11.9 Å². The maximum atomic E-state index is 12.3. The second-order valence-electron chi connectivity index (χ2n) is 5.33. The highest BCUT2D eigenvalue weighted by Gasteiger charge is 2.21. The molecule has 0 bridgehead atoms. The number of methoxy groups -OCH3 is 1. The molecule has 0 unspecified atom stereocenters. The number of carbonyl (C=O) groups excluding carboxylic acids is 1. The van der Waals surface area contributed by atoms with Crippen molar-refractivity contribution in [3.63, 3.8) is 0 Å². The lowest BCUT2D eigenvalue weighted by molar-refractivity contribution is 0.0908. The van der Waals surface area contributed by atoms with E-state index in [1.807, 2.05) is 18.2 Å². The number of nitrogens with one attached hydrogen (secondary N) is 1. The number of hydrogen-bond donors (Lipinski definition) is 1. The third-order valence-electron chi connectivity index (χ3n) is 3.88. The van der Waals surface area contributed by atoms with Gasteiger partial charge >= 0.3 is 0 Å². The number of carbonyl (C=O) groups is 1. The Morgan fingerprint density at radius 3 is 2.76 bits per heavy atom. The van der Waals surface area contributed by atoms with Crippen LogP contribution in [-0.4, -0.2) is 49.5 Å². The van der Waals surface area contributed by atoms with Crippen molar-refractivity contribution in [1.82, 2.24) is 10.2 Å². The average molecular weight is 311 g/mol. The number of likely N-dealkylation sites (tertiary alicyclic amines) is 1. The van der Waals surface area contributed by atoms with Gasteiger partial charge in [0.25, 0.3) is 5.91 Å². The first-order valence-electron chi connectivity index (χ1n) is 7.46. The highest BCUT2D eigenvalue weighted by atomic mass is 35.5. The van der Waals surface area contributed by atoms with E-state index >= 15 is 0 Å². The summed E-state index contributed by atoms with van der Waals surface area (Å²) in [4.78, 5) is 14.7. The maximum absolute atomic E-state index is 12.3. The fraction of sp³-hybridized carbons (Fsp3) is 0.562. The Kier molecular flexibility index (Phi) is 6.33. The van der Waals surface area contributed by atoms with Crippen LogP contribution in [0.2, 0.25) is 0 Å². The fourth-order valence-corrected chi connectivity index (χ4v) is 2.80. The maximum Gasteiger partial charge on any atom is 0.255 e. The second-order valence-corrected chi connectivity index (χ2v) is 5.71. The molecule has 0 atom stereocenters. The highest BCUT2D eigenvalue weighted by Crippen LogP contribution is 2.18. The molecule has 1 aromatic rings. The van der Waals surface area contributed by atoms with Gasteiger partial charge in [-0.15, -0.1) is 11.6 Å². The highest BCUT2D eigenvalue weighted by molar-refractivity contribution is 6.17. The Hall–Kier alpha value is -1.26. The van der Waals surface area contributed by atoms with Crippen LogP contribution < -0.4 is 10.1 Å². The number of para-hydroxylation sites is 1. The first kappa shape index (κ1) is 16.1. The fourth-order valence-electron chi connectivity index (χ4n) is 2.68. The van der Waals surface area contributed by atoms with Crippen molar-refractivity contribution in [2.24, 2.45) is 0 Å². The summed E-state index contributed by atoms with van der Waals surface area (Å²) in [7, 11) is 1.58. The van der Waals surface area contributed by atoms with Crippen molar-refractivity contribution >= 4 is 17.5 Å². The van der Waals surface area contributed by atoms with Gasteiger partial charge in [-0.25, -0.2) is 0 Å². The Labute approximate surface area is 131 Å². The van der Waals surface area contributed by atoms with E-state index in [0.717, 1.165) is 38.9 Å². The number of nitrogens with zero attached hydrogens (tertiary/aromatic N) is 1. The average Bonchev–Trinajstić information content (AvgIpc) is 2.54. The zero-order valence-corrected chi connectivity index (χ0v) is 13.2. The molecular weight excluding hydrogens is 288 g/mol. The molecule has 0 aliphatic carbocycles. The molecule has 2 rings (SSSR count). The SMILES string of the molecule is COc1ccccc1C(=O)NC1CCN(CCCCl)CC1. The van der Waals surface area contributed by atoms with Gasteiger partial charge in [-0.05, 0) is 37.9 Å². The molecule has 0 aromatic heterocycles. The summed E-state index contributed by atoms with van der Waals surface area (Å²) < 4.78 is 5.24. The molecular formula is C16H23ClN2O2. The summed E-state index contributed by atoms with van der Waals surface area (Å²) in [6.07, 6.45) is 3.01. The Morgan fingerprint density at radius 2 is 2.10 bits per heavy atom.